The zero-order valence-electron chi connectivity index (χ0n) is 60.5. The van der Waals surface area contributed by atoms with Gasteiger partial charge in [-0.2, -0.15) is 0 Å². The van der Waals surface area contributed by atoms with Crippen molar-refractivity contribution in [3.8, 4) is 0 Å². The molecule has 0 aliphatic heterocycles. The summed E-state index contributed by atoms with van der Waals surface area (Å²) >= 11 is 0. The molecule has 528 valence electrons. The third-order valence-electron chi connectivity index (χ3n) is 19.6. The van der Waals surface area contributed by atoms with E-state index in [0.717, 1.165) is 44.9 Å². The van der Waals surface area contributed by atoms with Crippen molar-refractivity contribution < 1.29 is 81.2 Å². The van der Waals surface area contributed by atoms with Crippen molar-refractivity contribution in [1.29, 1.82) is 0 Å². The molecule has 0 bridgehead atoms. The van der Waals surface area contributed by atoms with Gasteiger partial charge in [-0.15, -0.1) is 0 Å². The molecule has 0 radical (unpaired) electrons. The van der Waals surface area contributed by atoms with Gasteiger partial charge in [0.15, 0.2) is 30.7 Å². The summed E-state index contributed by atoms with van der Waals surface area (Å²) in [5.74, 6) is -2.84. The molecule has 3 aliphatic rings. The maximum Gasteiger partial charge on any atom is 0.305 e. The van der Waals surface area contributed by atoms with Crippen LogP contribution in [-0.4, -0.2) is 138 Å². The summed E-state index contributed by atoms with van der Waals surface area (Å²) in [5, 5.41) is 28.9. The first-order valence-corrected chi connectivity index (χ1v) is 43.2. The molecule has 92 heavy (non-hydrogen) atoms. The molecule has 0 saturated heterocycles. The number of hydrogen-bond acceptors (Lipinski definition) is 16. The summed E-state index contributed by atoms with van der Waals surface area (Å²) in [6.07, 6.45) is 22.1. The third-order valence-corrected chi connectivity index (χ3v) is 33.2. The van der Waals surface area contributed by atoms with E-state index in [9.17, 15) is 53.4 Å². The second kappa shape index (κ2) is 41.3. The maximum absolute atomic E-state index is 13.4. The fraction of sp³-hybridized carbons (Fsp3) is 0.792. The van der Waals surface area contributed by atoms with Gasteiger partial charge in [-0.3, -0.25) is 43.2 Å². The van der Waals surface area contributed by atoms with Gasteiger partial charge in [0.25, 0.3) is 0 Å². The molecule has 0 aromatic rings. The Balaban J connectivity index is 0.000000723. The number of Topliss-reactive ketones (excluding diaryl/α,β-unsaturated/α-hetero) is 6. The lowest BCUT2D eigenvalue weighted by Crippen LogP contribution is -2.45. The fourth-order valence-corrected chi connectivity index (χ4v) is 14.6. The number of methoxy groups -OCH3 is 2. The minimum atomic E-state index is -2.14. The van der Waals surface area contributed by atoms with E-state index in [1.165, 1.54) is 14.2 Å². The van der Waals surface area contributed by atoms with Crippen molar-refractivity contribution in [3.63, 3.8) is 0 Å². The highest BCUT2D eigenvalue weighted by atomic mass is 28.4. The molecule has 2 fully saturated rings. The number of unbranched alkanes of at least 4 members (excludes halogenated alkanes) is 7. The summed E-state index contributed by atoms with van der Waals surface area (Å²) in [7, 11) is -3.34. The molecule has 5 unspecified atom stereocenters. The standard InChI is InChI=1S/C33H62O6Si2.C20H32O6.C19H32O5Si/c1-13-14-15-19-26(38-40(9,10)32(2,3)4)21-22-27-28(23-25(34)18-16-17-20-31(36)37-8)29(35)24-30(27)39-41(11,12)33(5,6)7;1-2-3-4-7-14(21)10-11-16-17(19(24)13-18(16)23)12-15(22)8-5-6-9-20(25)26;1-19(2,3)25(5,6)24-16-12-14(17(21)13-16)11-15(20)9-7-8-10-18(22)23-4/h21-22,26-28,30H,13-20,23-24H2,1-12H3;10-11,14,16-18,21,23H,2-9,12-13H2,1H3,(H,25,26);12,16H,7-11,13H2,1-6H3/b22-21+;11-10+;/t26?,27-,28-,30?;14?,16-,17-,18?;/m11./s1. The SMILES string of the molecule is CCCCCC(/C=C/[C@H]1C(O[Si](C)(C)C(C)(C)C)CC(=O)[C@@H]1CC(=O)CCCCC(=O)OC)O[Si](C)(C)C(C)(C)C.CCCCCC(O)/C=C/[C@H]1C(O)CC(=O)[C@@H]1CC(=O)CCCCC(=O)O.COC(=O)CCCCC(=O)CC1=CC(O[Si](C)(C)C(C)(C)C)CC1=O. The van der Waals surface area contributed by atoms with Crippen molar-refractivity contribution >= 4 is 77.6 Å². The number of hydrogen-bond donors (Lipinski definition) is 3. The zero-order valence-corrected chi connectivity index (χ0v) is 63.5. The minimum Gasteiger partial charge on any atom is -0.481 e. The van der Waals surface area contributed by atoms with Gasteiger partial charge in [-0.25, -0.2) is 0 Å². The smallest absolute Gasteiger partial charge is 0.305 e. The predicted octanol–water partition coefficient (Wildman–Crippen LogP) is 15.4. The number of carboxylic acid groups (broad SMARTS) is 1. The van der Waals surface area contributed by atoms with Crippen LogP contribution < -0.4 is 0 Å². The lowest BCUT2D eigenvalue weighted by molar-refractivity contribution is -0.141. The number of aliphatic hydroxyl groups is 2. The van der Waals surface area contributed by atoms with E-state index in [-0.39, 0.29) is 130 Å². The van der Waals surface area contributed by atoms with Crippen LogP contribution in [0.15, 0.2) is 36.0 Å². The summed E-state index contributed by atoms with van der Waals surface area (Å²) in [6.45, 7) is 37.6. The molecular formula is C72H126O17Si3. The normalized spacial score (nSPS) is 21.4. The Morgan fingerprint density at radius 2 is 0.989 bits per heavy atom. The number of carboxylic acids is 1. The average molecular weight is 1350 g/mol. The van der Waals surface area contributed by atoms with Gasteiger partial charge in [-0.05, 0) is 112 Å². The quantitative estimate of drug-likeness (QED) is 0.0224. The lowest BCUT2D eigenvalue weighted by Gasteiger charge is -2.40. The van der Waals surface area contributed by atoms with E-state index in [1.54, 1.807) is 12.2 Å². The Bertz CT molecular complexity index is 2440. The highest BCUT2D eigenvalue weighted by Gasteiger charge is 2.48. The van der Waals surface area contributed by atoms with Gasteiger partial charge < -0.3 is 38.1 Å². The summed E-state index contributed by atoms with van der Waals surface area (Å²) in [4.78, 5) is 108. The van der Waals surface area contributed by atoms with Crippen LogP contribution in [0.1, 0.15) is 243 Å². The van der Waals surface area contributed by atoms with Gasteiger partial charge in [0, 0.05) is 106 Å². The van der Waals surface area contributed by atoms with Gasteiger partial charge in [0.1, 0.15) is 28.9 Å². The van der Waals surface area contributed by atoms with E-state index in [0.29, 0.717) is 89.0 Å². The number of allylic oxidation sites excluding steroid dienone is 1. The molecule has 20 heteroatoms. The predicted molar refractivity (Wildman–Crippen MR) is 372 cm³/mol. The maximum atomic E-state index is 13.4. The van der Waals surface area contributed by atoms with Crippen molar-refractivity contribution in [1.82, 2.24) is 0 Å². The first-order valence-electron chi connectivity index (χ1n) is 34.5. The minimum absolute atomic E-state index is 0.0126. The summed E-state index contributed by atoms with van der Waals surface area (Å²) < 4.78 is 29.2. The number of carbonyl (C=O) groups excluding carboxylic acids is 8. The van der Waals surface area contributed by atoms with Crippen molar-refractivity contribution in [3.05, 3.63) is 36.0 Å². The Labute approximate surface area is 557 Å². The van der Waals surface area contributed by atoms with Gasteiger partial charge in [-0.1, -0.05) is 139 Å². The van der Waals surface area contributed by atoms with E-state index in [2.05, 4.69) is 132 Å². The molecule has 0 aromatic heterocycles. The van der Waals surface area contributed by atoms with Crippen molar-refractivity contribution in [2.75, 3.05) is 14.2 Å². The molecule has 17 nitrogen and oxygen atoms in total. The van der Waals surface area contributed by atoms with E-state index < -0.39 is 55.0 Å². The lowest BCUT2D eigenvalue weighted by atomic mass is 9.88. The monoisotopic (exact) mass is 1350 g/mol. The number of carbonyl (C=O) groups is 9. The van der Waals surface area contributed by atoms with Crippen LogP contribution in [0.2, 0.25) is 54.4 Å². The Kier molecular flexibility index (Phi) is 38.6. The summed E-state index contributed by atoms with van der Waals surface area (Å²) in [6, 6.07) is 0. The second-order valence-corrected chi connectivity index (χ2v) is 44.8. The van der Waals surface area contributed by atoms with Gasteiger partial charge in [0.05, 0.1) is 44.7 Å². The van der Waals surface area contributed by atoms with Crippen LogP contribution in [0.25, 0.3) is 0 Å². The number of rotatable bonds is 39. The van der Waals surface area contributed by atoms with Crippen molar-refractivity contribution in [2.24, 2.45) is 23.7 Å². The van der Waals surface area contributed by atoms with Crippen LogP contribution in [0, 0.1) is 23.7 Å². The van der Waals surface area contributed by atoms with Crippen LogP contribution in [0.5, 0.6) is 0 Å². The van der Waals surface area contributed by atoms with Crippen molar-refractivity contribution in [2.45, 2.75) is 328 Å². The number of ketones is 6. The average Bonchev–Trinajstić information content (AvgIpc) is 1.82. The highest BCUT2D eigenvalue weighted by Crippen LogP contribution is 2.44. The molecule has 0 amide bonds. The van der Waals surface area contributed by atoms with Crippen LogP contribution in [0.3, 0.4) is 0 Å². The zero-order chi connectivity index (χ0) is 70.4. The Morgan fingerprint density at radius 1 is 0.554 bits per heavy atom. The third kappa shape index (κ3) is 32.2. The number of ether oxygens (including phenoxy) is 2. The molecule has 2 saturated carbocycles. The molecule has 3 N–H and O–H groups in total. The molecular weight excluding hydrogens is 1220 g/mol. The molecule has 0 aromatic carbocycles. The molecule has 0 heterocycles. The fourth-order valence-electron chi connectivity index (χ4n) is 10.6. The number of aliphatic hydroxyl groups excluding tert-OH is 2. The molecule has 9 atom stereocenters. The molecule has 0 spiro atoms. The highest BCUT2D eigenvalue weighted by molar-refractivity contribution is 6.75. The van der Waals surface area contributed by atoms with Crippen LogP contribution >= 0.6 is 0 Å². The topological polar surface area (TPSA) is 260 Å². The van der Waals surface area contributed by atoms with E-state index in [4.69, 9.17) is 23.1 Å². The first kappa shape index (κ1) is 86.1. The molecule has 3 aliphatic carbocycles. The first-order chi connectivity index (χ1) is 42.6. The Morgan fingerprint density at radius 3 is 1.47 bits per heavy atom. The van der Waals surface area contributed by atoms with Gasteiger partial charge in [0.2, 0.25) is 0 Å². The second-order valence-electron chi connectivity index (χ2n) is 30.5. The largest absolute Gasteiger partial charge is 0.481 e. The molecule has 3 rings (SSSR count). The number of aliphatic carboxylic acids is 1. The van der Waals surface area contributed by atoms with Gasteiger partial charge >= 0.3 is 17.9 Å². The van der Waals surface area contributed by atoms with Crippen LogP contribution in [-0.2, 0) is 65.9 Å². The van der Waals surface area contributed by atoms with Crippen LogP contribution in [0.4, 0.5) is 0 Å². The van der Waals surface area contributed by atoms with E-state index >= 15 is 0 Å². The van der Waals surface area contributed by atoms with E-state index in [1.807, 2.05) is 6.08 Å². The Hall–Kier alpha value is -3.90. The number of esters is 2. The summed E-state index contributed by atoms with van der Waals surface area (Å²) in [5.41, 5.74) is 0.585.